The van der Waals surface area contributed by atoms with Crippen LogP contribution in [0.2, 0.25) is 0 Å². The molecule has 12 aromatic rings. The van der Waals surface area contributed by atoms with Gasteiger partial charge in [-0.05, 0) is 142 Å². The number of fused-ring (bicyclic) bond motifs is 4. The van der Waals surface area contributed by atoms with E-state index in [2.05, 4.69) is 302 Å². The number of nitrogens with zero attached hydrogens (tertiary/aromatic N) is 1. The number of anilines is 3. The molecule has 0 amide bonds. The van der Waals surface area contributed by atoms with E-state index in [9.17, 15) is 0 Å². The van der Waals surface area contributed by atoms with Gasteiger partial charge in [-0.2, -0.15) is 0 Å². The third kappa shape index (κ3) is 7.34. The molecule has 12 aromatic carbocycles. The van der Waals surface area contributed by atoms with E-state index in [-0.39, 0.29) is 0 Å². The van der Waals surface area contributed by atoms with Gasteiger partial charge >= 0.3 is 0 Å². The molecule has 0 aliphatic heterocycles. The quantitative estimate of drug-likeness (QED) is 0.132. The average molecular weight is 916 g/mol. The monoisotopic (exact) mass is 915 g/mol. The van der Waals surface area contributed by atoms with Crippen LogP contribution < -0.4 is 4.90 Å². The lowest BCUT2D eigenvalue weighted by atomic mass is 9.67. The molecule has 72 heavy (non-hydrogen) atoms. The molecule has 0 heterocycles. The second kappa shape index (κ2) is 18.2. The zero-order valence-corrected chi connectivity index (χ0v) is 39.7. The van der Waals surface area contributed by atoms with E-state index in [1.54, 1.807) is 0 Å². The van der Waals surface area contributed by atoms with Gasteiger partial charge in [-0.1, -0.05) is 255 Å². The van der Waals surface area contributed by atoms with Crippen LogP contribution in [0.25, 0.3) is 77.5 Å². The molecule has 13 rings (SSSR count). The molecule has 1 aliphatic carbocycles. The summed E-state index contributed by atoms with van der Waals surface area (Å²) in [5, 5.41) is 2.48. The molecule has 0 radical (unpaired) electrons. The molecule has 0 unspecified atom stereocenters. The van der Waals surface area contributed by atoms with Crippen molar-refractivity contribution >= 4 is 27.8 Å². The molecule has 1 nitrogen and oxygen atoms in total. The fourth-order valence-corrected chi connectivity index (χ4v) is 11.5. The standard InChI is InChI=1S/C71H49N/c1-5-21-52(22-6-1)62-30-15-16-32-67(62)70-63(53-23-7-2-8-24-53)33-19-34-64(70)54-40-44-60(45-41-54)72(59-42-38-51(39-43-59)56-37-36-50-20-13-14-25-55(50)48-56)61-46-47-66-65-31-17-18-35-68(65)71(69(66)49-61,57-26-9-3-10-27-57)58-28-11-4-12-29-58/h1-49H. The normalized spacial score (nSPS) is 12.3. The molecule has 0 fully saturated rings. The SMILES string of the molecule is c1ccc(-c2ccccc2-c2c(-c3ccccc3)cccc2-c2ccc(N(c3ccc(-c4ccc5ccccc5c4)cc3)c3ccc4c(c3)C(c3ccccc3)(c3ccccc3)c3ccccc3-4)cc2)cc1. The number of hydrogen-bond donors (Lipinski definition) is 0. The van der Waals surface area contributed by atoms with Crippen LogP contribution >= 0.6 is 0 Å². The second-order valence-corrected chi connectivity index (χ2v) is 18.8. The second-order valence-electron chi connectivity index (χ2n) is 18.8. The molecule has 338 valence electrons. The van der Waals surface area contributed by atoms with Crippen LogP contribution in [0.1, 0.15) is 22.3 Å². The van der Waals surface area contributed by atoms with E-state index < -0.39 is 5.41 Å². The highest BCUT2D eigenvalue weighted by Gasteiger charge is 2.46. The first-order chi connectivity index (χ1) is 35.7. The lowest BCUT2D eigenvalue weighted by Crippen LogP contribution is -2.28. The Kier molecular flexibility index (Phi) is 10.8. The fourth-order valence-electron chi connectivity index (χ4n) is 11.5. The molecule has 1 aliphatic rings. The van der Waals surface area contributed by atoms with Gasteiger partial charge in [0.2, 0.25) is 0 Å². The van der Waals surface area contributed by atoms with Crippen LogP contribution in [0, 0.1) is 0 Å². The van der Waals surface area contributed by atoms with Crippen LogP contribution in [0.5, 0.6) is 0 Å². The van der Waals surface area contributed by atoms with Gasteiger partial charge in [0.05, 0.1) is 5.41 Å². The topological polar surface area (TPSA) is 3.24 Å². The molecule has 0 atom stereocenters. The first-order valence-corrected chi connectivity index (χ1v) is 24.9. The van der Waals surface area contributed by atoms with E-state index in [4.69, 9.17) is 0 Å². The van der Waals surface area contributed by atoms with Gasteiger partial charge in [-0.25, -0.2) is 0 Å². The zero-order valence-electron chi connectivity index (χ0n) is 39.7. The molecule has 0 bridgehead atoms. The highest BCUT2D eigenvalue weighted by molar-refractivity contribution is 6.00. The predicted molar refractivity (Wildman–Crippen MR) is 303 cm³/mol. The Morgan fingerprint density at radius 3 is 1.28 bits per heavy atom. The summed E-state index contributed by atoms with van der Waals surface area (Å²) in [7, 11) is 0. The minimum atomic E-state index is -0.532. The summed E-state index contributed by atoms with van der Waals surface area (Å²) in [6.07, 6.45) is 0. The molecule has 0 saturated heterocycles. The molecule has 0 N–H and O–H groups in total. The highest BCUT2D eigenvalue weighted by Crippen LogP contribution is 2.57. The molecular weight excluding hydrogens is 867 g/mol. The van der Waals surface area contributed by atoms with Crippen molar-refractivity contribution < 1.29 is 0 Å². The van der Waals surface area contributed by atoms with Crippen molar-refractivity contribution in [3.63, 3.8) is 0 Å². The summed E-state index contributed by atoms with van der Waals surface area (Å²) in [5.41, 5.74) is 22.2. The van der Waals surface area contributed by atoms with Gasteiger partial charge in [0.15, 0.2) is 0 Å². The van der Waals surface area contributed by atoms with Crippen LogP contribution in [0.3, 0.4) is 0 Å². The van der Waals surface area contributed by atoms with Crippen molar-refractivity contribution in [1.82, 2.24) is 0 Å². The number of benzene rings is 12. The van der Waals surface area contributed by atoms with Gasteiger partial charge in [-0.3, -0.25) is 0 Å². The minimum Gasteiger partial charge on any atom is -0.310 e. The molecular formula is C71H49N. The Balaban J connectivity index is 0.992. The molecule has 1 heteroatoms. The van der Waals surface area contributed by atoms with E-state index in [1.807, 2.05) is 0 Å². The molecule has 0 aromatic heterocycles. The van der Waals surface area contributed by atoms with Crippen molar-refractivity contribution in [2.24, 2.45) is 0 Å². The van der Waals surface area contributed by atoms with Crippen LogP contribution in [0.15, 0.2) is 297 Å². The molecule has 0 saturated carbocycles. The Bertz CT molecular complexity index is 3840. The first kappa shape index (κ1) is 42.8. The van der Waals surface area contributed by atoms with Gasteiger partial charge in [0.25, 0.3) is 0 Å². The first-order valence-electron chi connectivity index (χ1n) is 24.9. The zero-order chi connectivity index (χ0) is 47.8. The van der Waals surface area contributed by atoms with Crippen molar-refractivity contribution in [3.8, 4) is 66.8 Å². The maximum Gasteiger partial charge on any atom is 0.0714 e. The maximum atomic E-state index is 2.46. The summed E-state index contributed by atoms with van der Waals surface area (Å²) in [5.74, 6) is 0. The Morgan fingerprint density at radius 1 is 0.222 bits per heavy atom. The lowest BCUT2D eigenvalue weighted by molar-refractivity contribution is 0.768. The van der Waals surface area contributed by atoms with Crippen molar-refractivity contribution in [1.29, 1.82) is 0 Å². The van der Waals surface area contributed by atoms with Gasteiger partial charge in [0.1, 0.15) is 0 Å². The summed E-state index contributed by atoms with van der Waals surface area (Å²) < 4.78 is 0. The fraction of sp³-hybridized carbons (Fsp3) is 0.0141. The average Bonchev–Trinajstić information content (AvgIpc) is 3.77. The van der Waals surface area contributed by atoms with Gasteiger partial charge < -0.3 is 4.90 Å². The summed E-state index contributed by atoms with van der Waals surface area (Å²) >= 11 is 0. The predicted octanol–water partition coefficient (Wildman–Crippen LogP) is 19.0. The van der Waals surface area contributed by atoms with E-state index in [1.165, 1.54) is 94.2 Å². The lowest BCUT2D eigenvalue weighted by Gasteiger charge is -2.35. The van der Waals surface area contributed by atoms with E-state index in [0.717, 1.165) is 22.6 Å². The highest BCUT2D eigenvalue weighted by atomic mass is 15.1. The van der Waals surface area contributed by atoms with Crippen molar-refractivity contribution in [2.75, 3.05) is 4.90 Å². The minimum absolute atomic E-state index is 0.532. The Morgan fingerprint density at radius 2 is 0.653 bits per heavy atom. The van der Waals surface area contributed by atoms with E-state index >= 15 is 0 Å². The van der Waals surface area contributed by atoms with Crippen molar-refractivity contribution in [3.05, 3.63) is 320 Å². The summed E-state index contributed by atoms with van der Waals surface area (Å²) in [6, 6.07) is 109. The van der Waals surface area contributed by atoms with Gasteiger partial charge in [-0.15, -0.1) is 0 Å². The summed E-state index contributed by atoms with van der Waals surface area (Å²) in [6.45, 7) is 0. The largest absolute Gasteiger partial charge is 0.310 e. The third-order valence-electron chi connectivity index (χ3n) is 14.8. The van der Waals surface area contributed by atoms with E-state index in [0.29, 0.717) is 0 Å². The Labute approximate surface area is 422 Å². The van der Waals surface area contributed by atoms with Crippen LogP contribution in [-0.2, 0) is 5.41 Å². The smallest absolute Gasteiger partial charge is 0.0714 e. The summed E-state index contributed by atoms with van der Waals surface area (Å²) in [4.78, 5) is 2.43. The number of rotatable bonds is 10. The van der Waals surface area contributed by atoms with Crippen LogP contribution in [0.4, 0.5) is 17.1 Å². The number of hydrogen-bond acceptors (Lipinski definition) is 1. The van der Waals surface area contributed by atoms with Crippen molar-refractivity contribution in [2.45, 2.75) is 5.41 Å². The third-order valence-corrected chi connectivity index (χ3v) is 14.8. The Hall–Kier alpha value is -9.30. The maximum absolute atomic E-state index is 2.46. The van der Waals surface area contributed by atoms with Gasteiger partial charge in [0, 0.05) is 17.1 Å². The molecule has 0 spiro atoms. The van der Waals surface area contributed by atoms with Crippen LogP contribution in [-0.4, -0.2) is 0 Å².